The summed E-state index contributed by atoms with van der Waals surface area (Å²) in [6, 6.07) is 8.56. The van der Waals surface area contributed by atoms with Gasteiger partial charge in [-0.25, -0.2) is 9.97 Å². The summed E-state index contributed by atoms with van der Waals surface area (Å²) in [6.07, 6.45) is 1.69. The van der Waals surface area contributed by atoms with E-state index in [2.05, 4.69) is 66.8 Å². The molecule has 1 aliphatic heterocycles. The minimum absolute atomic E-state index is 0.0368. The minimum Gasteiger partial charge on any atom is -0.367 e. The predicted molar refractivity (Wildman–Crippen MR) is 105 cm³/mol. The molecule has 1 atom stereocenters. The fraction of sp³-hybridized carbons (Fsp3) is 0.476. The molecule has 1 fully saturated rings. The SMILES string of the molecule is Cc1ccccc1N1CCN(C(=O)c2cnc(C(C)C)nc2C)[C@@H](C)C1. The number of amides is 1. The van der Waals surface area contributed by atoms with Crippen molar-refractivity contribution in [2.24, 2.45) is 0 Å². The van der Waals surface area contributed by atoms with E-state index in [-0.39, 0.29) is 17.9 Å². The molecular weight excluding hydrogens is 324 g/mol. The minimum atomic E-state index is 0.0368. The lowest BCUT2D eigenvalue weighted by Gasteiger charge is -2.41. The molecular formula is C21H28N4O. The molecule has 2 heterocycles. The molecule has 138 valence electrons. The van der Waals surface area contributed by atoms with Gasteiger partial charge in [-0.3, -0.25) is 4.79 Å². The van der Waals surface area contributed by atoms with Crippen molar-refractivity contribution in [1.29, 1.82) is 0 Å². The van der Waals surface area contributed by atoms with E-state index in [9.17, 15) is 4.79 Å². The van der Waals surface area contributed by atoms with Crippen LogP contribution in [0.5, 0.6) is 0 Å². The Hall–Kier alpha value is -2.43. The Morgan fingerprint density at radius 2 is 1.92 bits per heavy atom. The zero-order valence-electron chi connectivity index (χ0n) is 16.4. The van der Waals surface area contributed by atoms with Crippen LogP contribution in [0, 0.1) is 13.8 Å². The van der Waals surface area contributed by atoms with Gasteiger partial charge in [0.1, 0.15) is 5.82 Å². The molecule has 3 rings (SSSR count). The van der Waals surface area contributed by atoms with Crippen molar-refractivity contribution < 1.29 is 4.79 Å². The standard InChI is InChI=1S/C21H28N4O/c1-14(2)20-22-12-18(17(5)23-20)21(26)25-11-10-24(13-16(25)4)19-9-7-6-8-15(19)3/h6-9,12,14,16H,10-11,13H2,1-5H3/t16-/m0/s1. The molecule has 0 saturated carbocycles. The van der Waals surface area contributed by atoms with Gasteiger partial charge < -0.3 is 9.80 Å². The van der Waals surface area contributed by atoms with Crippen molar-refractivity contribution in [3.05, 3.63) is 53.1 Å². The number of nitrogens with zero attached hydrogens (tertiary/aromatic N) is 4. The highest BCUT2D eigenvalue weighted by Gasteiger charge is 2.30. The van der Waals surface area contributed by atoms with Crippen LogP contribution < -0.4 is 4.90 Å². The first kappa shape index (κ1) is 18.4. The highest BCUT2D eigenvalue weighted by Crippen LogP contribution is 2.24. The third-order valence-corrected chi connectivity index (χ3v) is 5.09. The van der Waals surface area contributed by atoms with E-state index in [4.69, 9.17) is 0 Å². The van der Waals surface area contributed by atoms with Gasteiger partial charge in [0.2, 0.25) is 0 Å². The largest absolute Gasteiger partial charge is 0.367 e. The van der Waals surface area contributed by atoms with E-state index in [0.29, 0.717) is 12.1 Å². The Labute approximate surface area is 156 Å². The fourth-order valence-corrected chi connectivity index (χ4v) is 3.52. The van der Waals surface area contributed by atoms with Crippen molar-refractivity contribution >= 4 is 11.6 Å². The molecule has 5 nitrogen and oxygen atoms in total. The van der Waals surface area contributed by atoms with E-state index >= 15 is 0 Å². The Morgan fingerprint density at radius 1 is 1.19 bits per heavy atom. The molecule has 0 radical (unpaired) electrons. The van der Waals surface area contributed by atoms with Gasteiger partial charge in [-0.15, -0.1) is 0 Å². The maximum absolute atomic E-state index is 13.0. The summed E-state index contributed by atoms with van der Waals surface area (Å²) in [5, 5.41) is 0. The zero-order valence-corrected chi connectivity index (χ0v) is 16.4. The average molecular weight is 352 g/mol. The normalized spacial score (nSPS) is 17.7. The van der Waals surface area contributed by atoms with Crippen molar-refractivity contribution in [2.75, 3.05) is 24.5 Å². The third-order valence-electron chi connectivity index (χ3n) is 5.09. The second kappa shape index (κ2) is 7.44. The van der Waals surface area contributed by atoms with Gasteiger partial charge in [-0.05, 0) is 32.4 Å². The quantitative estimate of drug-likeness (QED) is 0.847. The molecule has 0 spiro atoms. The summed E-state index contributed by atoms with van der Waals surface area (Å²) in [5.74, 6) is 1.08. The van der Waals surface area contributed by atoms with E-state index in [1.165, 1.54) is 11.3 Å². The van der Waals surface area contributed by atoms with Crippen LogP contribution in [0.3, 0.4) is 0 Å². The number of rotatable bonds is 3. The van der Waals surface area contributed by atoms with Gasteiger partial charge in [0.15, 0.2) is 0 Å². The summed E-state index contributed by atoms with van der Waals surface area (Å²) in [5.41, 5.74) is 3.91. The number of carbonyl (C=O) groups is 1. The first-order chi connectivity index (χ1) is 12.4. The first-order valence-corrected chi connectivity index (χ1v) is 9.33. The Bertz CT molecular complexity index is 802. The van der Waals surface area contributed by atoms with Crippen molar-refractivity contribution in [3.8, 4) is 0 Å². The summed E-state index contributed by atoms with van der Waals surface area (Å²) in [6.45, 7) is 12.6. The number of piperazine rings is 1. The molecule has 5 heteroatoms. The number of hydrogen-bond acceptors (Lipinski definition) is 4. The number of benzene rings is 1. The molecule has 1 amide bonds. The van der Waals surface area contributed by atoms with Gasteiger partial charge in [-0.1, -0.05) is 32.0 Å². The molecule has 1 aromatic carbocycles. The van der Waals surface area contributed by atoms with Gasteiger partial charge >= 0.3 is 0 Å². The molecule has 0 aliphatic carbocycles. The molecule has 1 aromatic heterocycles. The number of para-hydroxylation sites is 1. The fourth-order valence-electron chi connectivity index (χ4n) is 3.52. The maximum atomic E-state index is 13.0. The van der Waals surface area contributed by atoms with Crippen molar-refractivity contribution in [2.45, 2.75) is 46.6 Å². The number of carbonyl (C=O) groups excluding carboxylic acids is 1. The highest BCUT2D eigenvalue weighted by atomic mass is 16.2. The van der Waals surface area contributed by atoms with Crippen LogP contribution in [-0.2, 0) is 0 Å². The molecule has 0 unspecified atom stereocenters. The second-order valence-electron chi connectivity index (χ2n) is 7.46. The lowest BCUT2D eigenvalue weighted by atomic mass is 10.1. The van der Waals surface area contributed by atoms with Crippen LogP contribution in [0.25, 0.3) is 0 Å². The molecule has 1 aliphatic rings. The van der Waals surface area contributed by atoms with Crippen LogP contribution >= 0.6 is 0 Å². The van der Waals surface area contributed by atoms with E-state index < -0.39 is 0 Å². The first-order valence-electron chi connectivity index (χ1n) is 9.33. The summed E-state index contributed by atoms with van der Waals surface area (Å²) < 4.78 is 0. The smallest absolute Gasteiger partial charge is 0.257 e. The molecule has 0 N–H and O–H groups in total. The van der Waals surface area contributed by atoms with Crippen LogP contribution in [0.2, 0.25) is 0 Å². The van der Waals surface area contributed by atoms with Crippen molar-refractivity contribution in [3.63, 3.8) is 0 Å². The number of aromatic nitrogens is 2. The lowest BCUT2D eigenvalue weighted by Crippen LogP contribution is -2.54. The third kappa shape index (κ3) is 3.57. The molecule has 2 aromatic rings. The lowest BCUT2D eigenvalue weighted by molar-refractivity contribution is 0.0672. The predicted octanol–water partition coefficient (Wildman–Crippen LogP) is 3.57. The van der Waals surface area contributed by atoms with Gasteiger partial charge in [0.05, 0.1) is 11.3 Å². The van der Waals surface area contributed by atoms with Crippen LogP contribution in [0.4, 0.5) is 5.69 Å². The van der Waals surface area contributed by atoms with E-state index in [1.54, 1.807) is 6.20 Å². The highest BCUT2D eigenvalue weighted by molar-refractivity contribution is 5.95. The number of aryl methyl sites for hydroxylation is 2. The van der Waals surface area contributed by atoms with Gasteiger partial charge in [-0.2, -0.15) is 0 Å². The Morgan fingerprint density at radius 3 is 2.54 bits per heavy atom. The summed E-state index contributed by atoms with van der Waals surface area (Å²) in [4.78, 5) is 26.3. The van der Waals surface area contributed by atoms with Gasteiger partial charge in [0, 0.05) is 43.5 Å². The van der Waals surface area contributed by atoms with Crippen LogP contribution in [0.15, 0.2) is 30.5 Å². The van der Waals surface area contributed by atoms with Crippen LogP contribution in [-0.4, -0.2) is 46.5 Å². The Balaban J connectivity index is 1.75. The number of anilines is 1. The average Bonchev–Trinajstić information content (AvgIpc) is 2.61. The topological polar surface area (TPSA) is 49.3 Å². The van der Waals surface area contributed by atoms with E-state index in [1.807, 2.05) is 11.8 Å². The van der Waals surface area contributed by atoms with Crippen molar-refractivity contribution in [1.82, 2.24) is 14.9 Å². The van der Waals surface area contributed by atoms with Crippen LogP contribution in [0.1, 0.15) is 54.1 Å². The summed E-state index contributed by atoms with van der Waals surface area (Å²) in [7, 11) is 0. The Kier molecular flexibility index (Phi) is 5.25. The number of hydrogen-bond donors (Lipinski definition) is 0. The molecule has 26 heavy (non-hydrogen) atoms. The second-order valence-corrected chi connectivity index (χ2v) is 7.46. The van der Waals surface area contributed by atoms with E-state index in [0.717, 1.165) is 24.6 Å². The molecule has 1 saturated heterocycles. The van der Waals surface area contributed by atoms with Gasteiger partial charge in [0.25, 0.3) is 5.91 Å². The maximum Gasteiger partial charge on any atom is 0.257 e. The molecule has 0 bridgehead atoms. The monoisotopic (exact) mass is 352 g/mol. The zero-order chi connectivity index (χ0) is 18.8. The summed E-state index contributed by atoms with van der Waals surface area (Å²) >= 11 is 0.